The SMILES string of the molecule is CC(C)[C@@H](O)[C@H](C)C(=O)N(C)C. The summed E-state index contributed by atoms with van der Waals surface area (Å²) < 4.78 is 0. The molecule has 72 valence electrons. The average Bonchev–Trinajstić information content (AvgIpc) is 2.00. The van der Waals surface area contributed by atoms with Crippen LogP contribution in [0.25, 0.3) is 0 Å². The summed E-state index contributed by atoms with van der Waals surface area (Å²) in [6, 6.07) is 0. The fourth-order valence-corrected chi connectivity index (χ4v) is 1.13. The molecule has 12 heavy (non-hydrogen) atoms. The maximum Gasteiger partial charge on any atom is 0.227 e. The molecule has 0 aromatic heterocycles. The van der Waals surface area contributed by atoms with Crippen molar-refractivity contribution in [2.24, 2.45) is 11.8 Å². The number of rotatable bonds is 3. The van der Waals surface area contributed by atoms with Gasteiger partial charge in [0.2, 0.25) is 5.91 Å². The molecule has 0 aliphatic heterocycles. The standard InChI is InChI=1S/C9H19NO2/c1-6(2)8(11)7(3)9(12)10(4)5/h6-8,11H,1-5H3/t7-,8+/m0/s1. The predicted octanol–water partition coefficient (Wildman–Crippen LogP) is 0.728. The lowest BCUT2D eigenvalue weighted by Crippen LogP contribution is -2.37. The van der Waals surface area contributed by atoms with Crippen LogP contribution >= 0.6 is 0 Å². The van der Waals surface area contributed by atoms with Crippen LogP contribution in [0, 0.1) is 11.8 Å². The molecule has 0 radical (unpaired) electrons. The van der Waals surface area contributed by atoms with Gasteiger partial charge in [0.1, 0.15) is 0 Å². The summed E-state index contributed by atoms with van der Waals surface area (Å²) in [5.41, 5.74) is 0. The smallest absolute Gasteiger partial charge is 0.227 e. The molecule has 0 aromatic carbocycles. The van der Waals surface area contributed by atoms with E-state index >= 15 is 0 Å². The van der Waals surface area contributed by atoms with Gasteiger partial charge in [-0.2, -0.15) is 0 Å². The fraction of sp³-hybridized carbons (Fsp3) is 0.889. The van der Waals surface area contributed by atoms with E-state index in [9.17, 15) is 9.90 Å². The lowest BCUT2D eigenvalue weighted by molar-refractivity contribution is -0.136. The van der Waals surface area contributed by atoms with Crippen molar-refractivity contribution in [2.45, 2.75) is 26.9 Å². The molecule has 3 nitrogen and oxygen atoms in total. The Morgan fingerprint density at radius 1 is 1.25 bits per heavy atom. The maximum atomic E-state index is 11.4. The van der Waals surface area contributed by atoms with Crippen LogP contribution in [-0.4, -0.2) is 36.1 Å². The molecule has 0 saturated heterocycles. The summed E-state index contributed by atoms with van der Waals surface area (Å²) in [6.07, 6.45) is -0.542. The van der Waals surface area contributed by atoms with Gasteiger partial charge in [-0.3, -0.25) is 4.79 Å². The highest BCUT2D eigenvalue weighted by atomic mass is 16.3. The summed E-state index contributed by atoms with van der Waals surface area (Å²) in [4.78, 5) is 12.9. The molecule has 0 rings (SSSR count). The molecular formula is C9H19NO2. The fourth-order valence-electron chi connectivity index (χ4n) is 1.13. The number of carbonyl (C=O) groups is 1. The molecule has 0 aliphatic rings. The van der Waals surface area contributed by atoms with Crippen LogP contribution in [0.1, 0.15) is 20.8 Å². The average molecular weight is 173 g/mol. The number of carbonyl (C=O) groups excluding carboxylic acids is 1. The van der Waals surface area contributed by atoms with E-state index in [2.05, 4.69) is 0 Å². The van der Waals surface area contributed by atoms with Gasteiger partial charge in [0.05, 0.1) is 12.0 Å². The van der Waals surface area contributed by atoms with Crippen LogP contribution in [0.4, 0.5) is 0 Å². The summed E-state index contributed by atoms with van der Waals surface area (Å²) >= 11 is 0. The van der Waals surface area contributed by atoms with E-state index in [-0.39, 0.29) is 17.7 Å². The number of nitrogens with zero attached hydrogens (tertiary/aromatic N) is 1. The minimum atomic E-state index is -0.542. The molecule has 0 aromatic rings. The Morgan fingerprint density at radius 2 is 1.67 bits per heavy atom. The highest BCUT2D eigenvalue weighted by Gasteiger charge is 2.25. The maximum absolute atomic E-state index is 11.4. The molecule has 0 bridgehead atoms. The van der Waals surface area contributed by atoms with Gasteiger partial charge in [0.15, 0.2) is 0 Å². The minimum absolute atomic E-state index is 0.0174. The second-order valence-electron chi connectivity index (χ2n) is 3.76. The van der Waals surface area contributed by atoms with Crippen LogP contribution in [0.2, 0.25) is 0 Å². The highest BCUT2D eigenvalue weighted by molar-refractivity contribution is 5.78. The molecule has 0 fully saturated rings. The lowest BCUT2D eigenvalue weighted by Gasteiger charge is -2.23. The zero-order valence-corrected chi connectivity index (χ0v) is 8.53. The van der Waals surface area contributed by atoms with E-state index < -0.39 is 6.10 Å². The van der Waals surface area contributed by atoms with Crippen LogP contribution in [0.3, 0.4) is 0 Å². The molecule has 0 unspecified atom stereocenters. The molecule has 0 saturated carbocycles. The summed E-state index contributed by atoms with van der Waals surface area (Å²) in [5.74, 6) is -0.194. The van der Waals surface area contributed by atoms with Gasteiger partial charge < -0.3 is 10.0 Å². The summed E-state index contributed by atoms with van der Waals surface area (Å²) in [5, 5.41) is 9.57. The van der Waals surface area contributed by atoms with E-state index in [1.807, 2.05) is 13.8 Å². The van der Waals surface area contributed by atoms with E-state index in [1.54, 1.807) is 21.0 Å². The van der Waals surface area contributed by atoms with E-state index in [0.717, 1.165) is 0 Å². The van der Waals surface area contributed by atoms with Crippen molar-refractivity contribution in [3.05, 3.63) is 0 Å². The van der Waals surface area contributed by atoms with E-state index in [4.69, 9.17) is 0 Å². The quantitative estimate of drug-likeness (QED) is 0.683. The predicted molar refractivity (Wildman–Crippen MR) is 48.7 cm³/mol. The Balaban J connectivity index is 4.19. The van der Waals surface area contributed by atoms with Crippen LogP contribution in [-0.2, 0) is 4.79 Å². The third kappa shape index (κ3) is 2.81. The van der Waals surface area contributed by atoms with Crippen molar-refractivity contribution in [1.29, 1.82) is 0 Å². The summed E-state index contributed by atoms with van der Waals surface area (Å²) in [6.45, 7) is 5.57. The molecular weight excluding hydrogens is 154 g/mol. The van der Waals surface area contributed by atoms with Crippen molar-refractivity contribution in [1.82, 2.24) is 4.90 Å². The Bertz CT molecular complexity index is 155. The van der Waals surface area contributed by atoms with Gasteiger partial charge in [-0.05, 0) is 5.92 Å². The Kier molecular flexibility index (Phi) is 4.24. The Labute approximate surface area is 74.4 Å². The largest absolute Gasteiger partial charge is 0.392 e. The molecule has 3 heteroatoms. The molecule has 0 aliphatic carbocycles. The molecule has 0 heterocycles. The van der Waals surface area contributed by atoms with Crippen molar-refractivity contribution >= 4 is 5.91 Å². The zero-order chi connectivity index (χ0) is 9.89. The number of amides is 1. The van der Waals surface area contributed by atoms with Gasteiger partial charge in [-0.15, -0.1) is 0 Å². The molecule has 2 atom stereocenters. The van der Waals surface area contributed by atoms with Crippen molar-refractivity contribution < 1.29 is 9.90 Å². The van der Waals surface area contributed by atoms with Gasteiger partial charge in [0, 0.05) is 14.1 Å². The van der Waals surface area contributed by atoms with Gasteiger partial charge in [-0.25, -0.2) is 0 Å². The van der Waals surface area contributed by atoms with Crippen molar-refractivity contribution in [3.8, 4) is 0 Å². The normalized spacial score (nSPS) is 15.9. The first-order chi connectivity index (χ1) is 5.37. The third-order valence-electron chi connectivity index (χ3n) is 2.03. The molecule has 1 amide bonds. The lowest BCUT2D eigenvalue weighted by atomic mass is 9.94. The number of hydrogen-bond donors (Lipinski definition) is 1. The van der Waals surface area contributed by atoms with Gasteiger partial charge in [0.25, 0.3) is 0 Å². The summed E-state index contributed by atoms with van der Waals surface area (Å²) in [7, 11) is 3.40. The van der Waals surface area contributed by atoms with Crippen LogP contribution in [0.5, 0.6) is 0 Å². The second kappa shape index (κ2) is 4.45. The van der Waals surface area contributed by atoms with Gasteiger partial charge >= 0.3 is 0 Å². The number of aliphatic hydroxyl groups excluding tert-OH is 1. The first-order valence-corrected chi connectivity index (χ1v) is 4.27. The number of hydrogen-bond acceptors (Lipinski definition) is 2. The minimum Gasteiger partial charge on any atom is -0.392 e. The second-order valence-corrected chi connectivity index (χ2v) is 3.76. The third-order valence-corrected chi connectivity index (χ3v) is 2.03. The van der Waals surface area contributed by atoms with Crippen LogP contribution in [0.15, 0.2) is 0 Å². The topological polar surface area (TPSA) is 40.5 Å². The van der Waals surface area contributed by atoms with Gasteiger partial charge in [-0.1, -0.05) is 20.8 Å². The monoisotopic (exact) mass is 173 g/mol. The Morgan fingerprint density at radius 3 is 1.92 bits per heavy atom. The molecule has 0 spiro atoms. The van der Waals surface area contributed by atoms with Crippen molar-refractivity contribution in [3.63, 3.8) is 0 Å². The highest BCUT2D eigenvalue weighted by Crippen LogP contribution is 2.13. The Hall–Kier alpha value is -0.570. The number of aliphatic hydroxyl groups is 1. The molecule has 1 N–H and O–H groups in total. The first-order valence-electron chi connectivity index (χ1n) is 4.27. The zero-order valence-electron chi connectivity index (χ0n) is 8.53. The van der Waals surface area contributed by atoms with Crippen molar-refractivity contribution in [2.75, 3.05) is 14.1 Å². The van der Waals surface area contributed by atoms with Crippen LogP contribution < -0.4 is 0 Å². The first kappa shape index (κ1) is 11.4. The van der Waals surface area contributed by atoms with E-state index in [0.29, 0.717) is 0 Å². The van der Waals surface area contributed by atoms with E-state index in [1.165, 1.54) is 4.90 Å².